The van der Waals surface area contributed by atoms with Crippen LogP contribution in [0.25, 0.3) is 0 Å². The SMILES string of the molecule is CCCCCCCCCCCCCCCCCC(=O)O[C@H](CO)OCC(=O)CCCCCCCCCCC. The standard InChI is InChI=1S/C33H64O5/c1-3-5-7-9-11-13-14-15-16-17-18-20-22-24-26-28-32(36)38-33(29-34)37-30-31(35)27-25-23-21-19-12-10-8-6-4-2/h33-34H,3-30H2,1-2H3/t33-/m1/s1. The molecule has 0 fully saturated rings. The molecule has 0 amide bonds. The fourth-order valence-corrected chi connectivity index (χ4v) is 4.86. The molecule has 0 aromatic heterocycles. The van der Waals surface area contributed by atoms with Crippen LogP contribution in [0.4, 0.5) is 0 Å². The smallest absolute Gasteiger partial charge is 0.308 e. The summed E-state index contributed by atoms with van der Waals surface area (Å²) in [6, 6.07) is 0. The number of unbranched alkanes of at least 4 members (excludes halogenated alkanes) is 22. The van der Waals surface area contributed by atoms with E-state index in [1.807, 2.05) is 0 Å². The number of carbonyl (C=O) groups is 2. The first-order valence-corrected chi connectivity index (χ1v) is 16.6. The summed E-state index contributed by atoms with van der Waals surface area (Å²) in [5.74, 6) is -0.352. The Labute approximate surface area is 236 Å². The molecule has 0 heterocycles. The number of Topliss-reactive ketones (excluding diaryl/α,β-unsaturated/α-hetero) is 1. The first kappa shape index (κ1) is 37.1. The maximum Gasteiger partial charge on any atom is 0.308 e. The van der Waals surface area contributed by atoms with Gasteiger partial charge in [0.2, 0.25) is 6.29 Å². The van der Waals surface area contributed by atoms with Crippen molar-refractivity contribution < 1.29 is 24.2 Å². The molecule has 0 radical (unpaired) electrons. The van der Waals surface area contributed by atoms with Gasteiger partial charge in [-0.15, -0.1) is 0 Å². The molecule has 0 saturated carbocycles. The second-order valence-corrected chi connectivity index (χ2v) is 11.2. The Bertz CT molecular complexity index is 508. The molecule has 226 valence electrons. The van der Waals surface area contributed by atoms with Gasteiger partial charge in [-0.3, -0.25) is 9.59 Å². The van der Waals surface area contributed by atoms with E-state index in [1.165, 1.54) is 122 Å². The quantitative estimate of drug-likeness (QED) is 0.0538. The number of carbonyl (C=O) groups excluding carboxylic acids is 2. The topological polar surface area (TPSA) is 72.8 Å². The van der Waals surface area contributed by atoms with Gasteiger partial charge in [0.1, 0.15) is 13.2 Å². The number of ether oxygens (including phenoxy) is 2. The molecule has 0 rings (SSSR count). The maximum absolute atomic E-state index is 12.0. The normalized spacial score (nSPS) is 12.1. The summed E-state index contributed by atoms with van der Waals surface area (Å²) in [5, 5.41) is 9.43. The van der Waals surface area contributed by atoms with Crippen molar-refractivity contribution in [3.8, 4) is 0 Å². The summed E-state index contributed by atoms with van der Waals surface area (Å²) in [6.45, 7) is 3.98. The molecular weight excluding hydrogens is 476 g/mol. The lowest BCUT2D eigenvalue weighted by Gasteiger charge is -2.16. The minimum absolute atomic E-state index is 0.00449. The zero-order valence-electron chi connectivity index (χ0n) is 25.5. The van der Waals surface area contributed by atoms with Gasteiger partial charge in [-0.1, -0.05) is 155 Å². The molecule has 0 aromatic rings. The van der Waals surface area contributed by atoms with E-state index in [0.717, 1.165) is 32.1 Å². The van der Waals surface area contributed by atoms with Crippen LogP contribution in [0.1, 0.15) is 181 Å². The third kappa shape index (κ3) is 28.1. The zero-order valence-corrected chi connectivity index (χ0v) is 25.5. The summed E-state index contributed by atoms with van der Waals surface area (Å²) in [4.78, 5) is 24.1. The Hall–Kier alpha value is -0.940. The van der Waals surface area contributed by atoms with Crippen LogP contribution >= 0.6 is 0 Å². The van der Waals surface area contributed by atoms with E-state index in [9.17, 15) is 14.7 Å². The van der Waals surface area contributed by atoms with Crippen molar-refractivity contribution in [2.45, 2.75) is 187 Å². The highest BCUT2D eigenvalue weighted by Crippen LogP contribution is 2.14. The van der Waals surface area contributed by atoms with E-state index >= 15 is 0 Å². The fourth-order valence-electron chi connectivity index (χ4n) is 4.86. The molecule has 1 atom stereocenters. The highest BCUT2D eigenvalue weighted by Gasteiger charge is 2.15. The summed E-state index contributed by atoms with van der Waals surface area (Å²) in [5.41, 5.74) is 0. The molecule has 1 N–H and O–H groups in total. The number of hydrogen-bond donors (Lipinski definition) is 1. The van der Waals surface area contributed by atoms with E-state index in [2.05, 4.69) is 13.8 Å². The van der Waals surface area contributed by atoms with Crippen molar-refractivity contribution in [2.75, 3.05) is 13.2 Å². The van der Waals surface area contributed by atoms with E-state index in [-0.39, 0.29) is 18.4 Å². The number of esters is 1. The first-order chi connectivity index (χ1) is 18.6. The number of rotatable bonds is 31. The van der Waals surface area contributed by atoms with E-state index in [0.29, 0.717) is 12.8 Å². The molecule has 0 spiro atoms. The van der Waals surface area contributed by atoms with Gasteiger partial charge in [-0.2, -0.15) is 0 Å². The van der Waals surface area contributed by atoms with Crippen molar-refractivity contribution in [1.29, 1.82) is 0 Å². The zero-order chi connectivity index (χ0) is 27.9. The van der Waals surface area contributed by atoms with Crippen LogP contribution < -0.4 is 0 Å². The molecule has 0 saturated heterocycles. The summed E-state index contributed by atoms with van der Waals surface area (Å²) in [6.07, 6.45) is 30.0. The fraction of sp³-hybridized carbons (Fsp3) is 0.939. The van der Waals surface area contributed by atoms with Gasteiger partial charge < -0.3 is 14.6 Å². The number of aliphatic hydroxyl groups excluding tert-OH is 1. The monoisotopic (exact) mass is 540 g/mol. The lowest BCUT2D eigenvalue weighted by atomic mass is 10.0. The van der Waals surface area contributed by atoms with Crippen LogP contribution in [0, 0.1) is 0 Å². The van der Waals surface area contributed by atoms with Gasteiger partial charge in [-0.25, -0.2) is 0 Å². The van der Waals surface area contributed by atoms with Gasteiger partial charge >= 0.3 is 5.97 Å². The van der Waals surface area contributed by atoms with Gasteiger partial charge in [0.15, 0.2) is 5.78 Å². The van der Waals surface area contributed by atoms with Crippen molar-refractivity contribution in [1.82, 2.24) is 0 Å². The Morgan fingerprint density at radius 3 is 1.24 bits per heavy atom. The predicted octanol–water partition coefficient (Wildman–Crippen LogP) is 9.62. The Morgan fingerprint density at radius 2 is 0.868 bits per heavy atom. The second-order valence-electron chi connectivity index (χ2n) is 11.2. The van der Waals surface area contributed by atoms with Crippen LogP contribution in [0.3, 0.4) is 0 Å². The molecule has 0 bridgehead atoms. The van der Waals surface area contributed by atoms with Gasteiger partial charge in [0, 0.05) is 12.8 Å². The van der Waals surface area contributed by atoms with Crippen LogP contribution in [0.5, 0.6) is 0 Å². The Kier molecular flexibility index (Phi) is 29.8. The average Bonchev–Trinajstić information content (AvgIpc) is 2.92. The highest BCUT2D eigenvalue weighted by molar-refractivity contribution is 5.79. The Morgan fingerprint density at radius 1 is 0.526 bits per heavy atom. The third-order valence-electron chi connectivity index (χ3n) is 7.39. The molecule has 0 unspecified atom stereocenters. The van der Waals surface area contributed by atoms with Gasteiger partial charge in [0.25, 0.3) is 0 Å². The van der Waals surface area contributed by atoms with E-state index in [4.69, 9.17) is 9.47 Å². The second kappa shape index (κ2) is 30.6. The van der Waals surface area contributed by atoms with Gasteiger partial charge in [0.05, 0.1) is 0 Å². The van der Waals surface area contributed by atoms with Crippen LogP contribution in [-0.2, 0) is 19.1 Å². The number of hydrogen-bond acceptors (Lipinski definition) is 5. The predicted molar refractivity (Wildman–Crippen MR) is 159 cm³/mol. The summed E-state index contributed by atoms with van der Waals surface area (Å²) >= 11 is 0. The molecule has 5 heteroatoms. The molecule has 0 aliphatic carbocycles. The summed E-state index contributed by atoms with van der Waals surface area (Å²) < 4.78 is 10.5. The lowest BCUT2D eigenvalue weighted by Crippen LogP contribution is -2.27. The molecule has 0 aromatic carbocycles. The minimum Gasteiger partial charge on any atom is -0.433 e. The number of aliphatic hydroxyl groups is 1. The van der Waals surface area contributed by atoms with Crippen molar-refractivity contribution in [2.24, 2.45) is 0 Å². The van der Waals surface area contributed by atoms with Crippen molar-refractivity contribution >= 4 is 11.8 Å². The van der Waals surface area contributed by atoms with Gasteiger partial charge in [-0.05, 0) is 12.8 Å². The maximum atomic E-state index is 12.0. The molecule has 38 heavy (non-hydrogen) atoms. The van der Waals surface area contributed by atoms with Crippen LogP contribution in [-0.4, -0.2) is 36.4 Å². The lowest BCUT2D eigenvalue weighted by molar-refractivity contribution is -0.188. The molecular formula is C33H64O5. The van der Waals surface area contributed by atoms with E-state index < -0.39 is 12.9 Å². The molecule has 5 nitrogen and oxygen atoms in total. The van der Waals surface area contributed by atoms with Crippen LogP contribution in [0.2, 0.25) is 0 Å². The first-order valence-electron chi connectivity index (χ1n) is 16.6. The van der Waals surface area contributed by atoms with Crippen molar-refractivity contribution in [3.63, 3.8) is 0 Å². The average molecular weight is 541 g/mol. The minimum atomic E-state index is -1.04. The highest BCUT2D eigenvalue weighted by atomic mass is 16.7. The van der Waals surface area contributed by atoms with E-state index in [1.54, 1.807) is 0 Å². The largest absolute Gasteiger partial charge is 0.433 e. The molecule has 0 aliphatic rings. The third-order valence-corrected chi connectivity index (χ3v) is 7.39. The van der Waals surface area contributed by atoms with Crippen LogP contribution in [0.15, 0.2) is 0 Å². The summed E-state index contributed by atoms with van der Waals surface area (Å²) in [7, 11) is 0. The van der Waals surface area contributed by atoms with Crippen molar-refractivity contribution in [3.05, 3.63) is 0 Å². The Balaban J connectivity index is 3.53. The molecule has 0 aliphatic heterocycles. The number of ketones is 1.